The smallest absolute Gasteiger partial charge is 0.496 e. The highest BCUT2D eigenvalue weighted by Crippen LogP contribution is 2.25. The molecule has 9 nitrogen and oxygen atoms in total. The SMILES string of the molecule is CN1CC(=O)OB(C(C=CC2CCCCC2)OS(=O)(=O)O)OC(=O)C1. The Morgan fingerprint density at radius 2 is 1.76 bits per heavy atom. The minimum atomic E-state index is -4.84. The zero-order valence-electron chi connectivity index (χ0n) is 14.0. The van der Waals surface area contributed by atoms with Crippen LogP contribution < -0.4 is 0 Å². The molecule has 1 atom stereocenters. The fraction of sp³-hybridized carbons (Fsp3) is 0.714. The Bertz CT molecular complexity index is 596. The summed E-state index contributed by atoms with van der Waals surface area (Å²) in [7, 11) is -4.88. The van der Waals surface area contributed by atoms with Crippen LogP contribution in [-0.2, 0) is 33.5 Å². The zero-order valence-corrected chi connectivity index (χ0v) is 14.8. The topological polar surface area (TPSA) is 119 Å². The van der Waals surface area contributed by atoms with Crippen molar-refractivity contribution in [2.45, 2.75) is 38.1 Å². The van der Waals surface area contributed by atoms with Crippen molar-refractivity contribution < 1.29 is 36.1 Å². The van der Waals surface area contributed by atoms with Crippen molar-refractivity contribution in [1.29, 1.82) is 0 Å². The number of hydrogen-bond acceptors (Lipinski definition) is 8. The Morgan fingerprint density at radius 3 is 2.28 bits per heavy atom. The predicted octanol–water partition coefficient (Wildman–Crippen LogP) is 0.370. The molecule has 2 fully saturated rings. The van der Waals surface area contributed by atoms with Crippen LogP contribution in [0.5, 0.6) is 0 Å². The van der Waals surface area contributed by atoms with Crippen LogP contribution in [0.2, 0.25) is 0 Å². The normalized spacial score (nSPS) is 23.0. The van der Waals surface area contributed by atoms with E-state index in [1.54, 1.807) is 6.08 Å². The molecule has 0 aromatic rings. The molecular formula is C14H22BNO8S. The van der Waals surface area contributed by atoms with Gasteiger partial charge in [0, 0.05) is 0 Å². The molecule has 1 heterocycles. The van der Waals surface area contributed by atoms with E-state index in [2.05, 4.69) is 4.18 Å². The molecule has 25 heavy (non-hydrogen) atoms. The van der Waals surface area contributed by atoms with Crippen LogP contribution in [0.25, 0.3) is 0 Å². The summed E-state index contributed by atoms with van der Waals surface area (Å²) in [5, 5.41) is 0. The van der Waals surface area contributed by atoms with Crippen LogP contribution in [-0.4, -0.2) is 63.1 Å². The standard InChI is InChI=1S/C14H22BNO8S/c1-16-9-13(17)22-15(23-14(18)10-16)12(24-25(19,20)21)8-7-11-5-3-2-4-6-11/h7-8,11-12H,2-6,9-10H2,1H3,(H,19,20,21). The fourth-order valence-corrected chi connectivity index (χ4v) is 3.33. The lowest BCUT2D eigenvalue weighted by Crippen LogP contribution is -2.48. The van der Waals surface area contributed by atoms with Gasteiger partial charge in [-0.2, -0.15) is 8.42 Å². The monoisotopic (exact) mass is 375 g/mol. The Labute approximate surface area is 147 Å². The molecule has 1 aliphatic carbocycles. The van der Waals surface area contributed by atoms with Gasteiger partial charge >= 0.3 is 29.5 Å². The predicted molar refractivity (Wildman–Crippen MR) is 87.6 cm³/mol. The Hall–Kier alpha value is -1.43. The van der Waals surface area contributed by atoms with Crippen molar-refractivity contribution in [2.75, 3.05) is 20.1 Å². The minimum Gasteiger partial charge on any atom is -0.496 e. The Morgan fingerprint density at radius 1 is 1.20 bits per heavy atom. The molecule has 2 aliphatic rings. The number of carbonyl (C=O) groups excluding carboxylic acids is 2. The van der Waals surface area contributed by atoms with Gasteiger partial charge in [0.2, 0.25) is 0 Å². The largest absolute Gasteiger partial charge is 0.635 e. The highest BCUT2D eigenvalue weighted by Gasteiger charge is 2.42. The third-order valence-electron chi connectivity index (χ3n) is 4.02. The van der Waals surface area contributed by atoms with Crippen molar-refractivity contribution in [3.8, 4) is 0 Å². The summed E-state index contributed by atoms with van der Waals surface area (Å²) >= 11 is 0. The first-order valence-electron chi connectivity index (χ1n) is 8.14. The molecule has 0 bridgehead atoms. The number of hydrogen-bond donors (Lipinski definition) is 1. The van der Waals surface area contributed by atoms with Crippen molar-refractivity contribution >= 4 is 29.5 Å². The highest BCUT2D eigenvalue weighted by atomic mass is 32.3. The second kappa shape index (κ2) is 8.79. The Balaban J connectivity index is 2.15. The molecule has 1 N–H and O–H groups in total. The molecule has 0 amide bonds. The van der Waals surface area contributed by atoms with Gasteiger partial charge in [-0.1, -0.05) is 31.4 Å². The average Bonchev–Trinajstić information content (AvgIpc) is 2.49. The van der Waals surface area contributed by atoms with E-state index in [1.165, 1.54) is 18.0 Å². The summed E-state index contributed by atoms with van der Waals surface area (Å²) in [6, 6.07) is -1.45. The van der Waals surface area contributed by atoms with E-state index in [0.717, 1.165) is 32.1 Å². The van der Waals surface area contributed by atoms with E-state index < -0.39 is 35.5 Å². The van der Waals surface area contributed by atoms with E-state index >= 15 is 0 Å². The maximum absolute atomic E-state index is 11.8. The lowest BCUT2D eigenvalue weighted by atomic mass is 9.79. The van der Waals surface area contributed by atoms with Gasteiger partial charge in [0.15, 0.2) is 6.00 Å². The summed E-state index contributed by atoms with van der Waals surface area (Å²) in [5.41, 5.74) is 0. The first-order valence-corrected chi connectivity index (χ1v) is 9.51. The molecule has 0 spiro atoms. The fourth-order valence-electron chi connectivity index (χ4n) is 2.89. The molecule has 0 aromatic carbocycles. The van der Waals surface area contributed by atoms with Crippen LogP contribution >= 0.6 is 0 Å². The summed E-state index contributed by atoms with van der Waals surface area (Å²) in [4.78, 5) is 25.0. The number of rotatable bonds is 5. The molecule has 0 aromatic heterocycles. The van der Waals surface area contributed by atoms with Gasteiger partial charge in [-0.3, -0.25) is 19.0 Å². The third-order valence-corrected chi connectivity index (χ3v) is 4.48. The number of nitrogens with zero attached hydrogens (tertiary/aromatic N) is 1. The Kier molecular flexibility index (Phi) is 6.99. The lowest BCUT2D eigenvalue weighted by Gasteiger charge is -2.25. The third kappa shape index (κ3) is 7.14. The first kappa shape index (κ1) is 19.9. The van der Waals surface area contributed by atoms with Crippen LogP contribution in [0.1, 0.15) is 32.1 Å². The summed E-state index contributed by atoms with van der Waals surface area (Å²) in [6.45, 7) is -0.312. The molecule has 1 unspecified atom stereocenters. The van der Waals surface area contributed by atoms with Gasteiger partial charge in [0.05, 0.1) is 13.1 Å². The van der Waals surface area contributed by atoms with Crippen molar-refractivity contribution in [3.63, 3.8) is 0 Å². The van der Waals surface area contributed by atoms with Gasteiger partial charge in [0.1, 0.15) is 0 Å². The van der Waals surface area contributed by atoms with E-state index in [0.29, 0.717) is 0 Å². The number of allylic oxidation sites excluding steroid dienone is 1. The summed E-state index contributed by atoms with van der Waals surface area (Å²) < 4.78 is 45.8. The summed E-state index contributed by atoms with van der Waals surface area (Å²) in [6.07, 6.45) is 8.30. The molecule has 140 valence electrons. The minimum absolute atomic E-state index is 0.156. The van der Waals surface area contributed by atoms with Crippen molar-refractivity contribution in [3.05, 3.63) is 12.2 Å². The van der Waals surface area contributed by atoms with Gasteiger partial charge < -0.3 is 9.31 Å². The molecule has 1 saturated carbocycles. The maximum atomic E-state index is 11.8. The van der Waals surface area contributed by atoms with E-state index in [4.69, 9.17) is 13.9 Å². The molecule has 11 heteroatoms. The molecule has 1 aliphatic heterocycles. The molecule has 1 saturated heterocycles. The second-order valence-corrected chi connectivity index (χ2v) is 7.34. The van der Waals surface area contributed by atoms with Crippen molar-refractivity contribution in [1.82, 2.24) is 4.90 Å². The van der Waals surface area contributed by atoms with Crippen LogP contribution in [0, 0.1) is 5.92 Å². The maximum Gasteiger partial charge on any atom is 0.635 e. The average molecular weight is 375 g/mol. The molecule has 0 radical (unpaired) electrons. The van der Waals surface area contributed by atoms with Gasteiger partial charge in [-0.25, -0.2) is 4.18 Å². The molecule has 2 rings (SSSR count). The van der Waals surface area contributed by atoms with E-state index in [1.807, 2.05) is 0 Å². The van der Waals surface area contributed by atoms with E-state index in [9.17, 15) is 18.0 Å². The number of carbonyl (C=O) groups is 2. The van der Waals surface area contributed by atoms with E-state index in [-0.39, 0.29) is 19.0 Å². The van der Waals surface area contributed by atoms with Crippen LogP contribution in [0.3, 0.4) is 0 Å². The second-order valence-electron chi connectivity index (χ2n) is 6.29. The van der Waals surface area contributed by atoms with Gasteiger partial charge in [-0.05, 0) is 25.8 Å². The molecular weight excluding hydrogens is 353 g/mol. The quantitative estimate of drug-likeness (QED) is 0.413. The van der Waals surface area contributed by atoms with Crippen molar-refractivity contribution in [2.24, 2.45) is 5.92 Å². The summed E-state index contributed by atoms with van der Waals surface area (Å²) in [5.74, 6) is -1.17. The first-order chi connectivity index (χ1) is 11.7. The van der Waals surface area contributed by atoms with Crippen LogP contribution in [0.15, 0.2) is 12.2 Å². The van der Waals surface area contributed by atoms with Gasteiger partial charge in [-0.15, -0.1) is 0 Å². The lowest BCUT2D eigenvalue weighted by molar-refractivity contribution is -0.146. The van der Waals surface area contributed by atoms with Gasteiger partial charge in [0.25, 0.3) is 0 Å². The van der Waals surface area contributed by atoms with Crippen LogP contribution in [0.4, 0.5) is 0 Å². The highest BCUT2D eigenvalue weighted by molar-refractivity contribution is 7.81. The zero-order chi connectivity index (χ0) is 18.4. The number of likely N-dealkylation sites (N-methyl/N-ethyl adjacent to an activating group) is 1.